The first-order valence-electron chi connectivity index (χ1n) is 6.53. The van der Waals surface area contributed by atoms with Gasteiger partial charge in [0.2, 0.25) is 0 Å². The highest BCUT2D eigenvalue weighted by Gasteiger charge is 2.38. The summed E-state index contributed by atoms with van der Waals surface area (Å²) < 4.78 is 5.06. The normalized spacial score (nSPS) is 15.6. The second-order valence-corrected chi connectivity index (χ2v) is 4.91. The number of hydrogen-bond acceptors (Lipinski definition) is 3. The van der Waals surface area contributed by atoms with Crippen LogP contribution < -0.4 is 4.74 Å². The highest BCUT2D eigenvalue weighted by molar-refractivity contribution is 5.72. The molecule has 0 aliphatic rings. The van der Waals surface area contributed by atoms with E-state index in [-0.39, 0.29) is 0 Å². The summed E-state index contributed by atoms with van der Waals surface area (Å²) in [5.74, 6) is -1.09. The van der Waals surface area contributed by atoms with Gasteiger partial charge in [0.25, 0.3) is 0 Å². The maximum absolute atomic E-state index is 11.4. The molecule has 1 aromatic carbocycles. The lowest BCUT2D eigenvalue weighted by atomic mass is 9.80. The minimum Gasteiger partial charge on any atom is -0.497 e. The molecular formula is C15H22O4. The minimum atomic E-state index is -1.38. The SMILES string of the molecule is CCCCC(C(=O)O)C(C)(O)c1ccc(OC)cc1. The summed E-state index contributed by atoms with van der Waals surface area (Å²) >= 11 is 0. The predicted octanol–water partition coefficient (Wildman–Crippen LogP) is 2.79. The van der Waals surface area contributed by atoms with Gasteiger partial charge in [0.1, 0.15) is 11.4 Å². The second-order valence-electron chi connectivity index (χ2n) is 4.91. The highest BCUT2D eigenvalue weighted by atomic mass is 16.5. The monoisotopic (exact) mass is 266 g/mol. The third-order valence-electron chi connectivity index (χ3n) is 3.50. The standard InChI is InChI=1S/C15H22O4/c1-4-5-6-13(14(16)17)15(2,18)11-7-9-12(19-3)10-8-11/h7-10,13,18H,4-6H2,1-3H3,(H,16,17). The fourth-order valence-corrected chi connectivity index (χ4v) is 2.18. The molecule has 4 heteroatoms. The number of rotatable bonds is 7. The van der Waals surface area contributed by atoms with Gasteiger partial charge in [-0.25, -0.2) is 0 Å². The Labute approximate surface area is 114 Å². The molecule has 2 atom stereocenters. The molecule has 0 fully saturated rings. The van der Waals surface area contributed by atoms with Crippen molar-refractivity contribution < 1.29 is 19.7 Å². The van der Waals surface area contributed by atoms with E-state index in [0.29, 0.717) is 17.7 Å². The Kier molecular flexibility index (Phi) is 5.36. The van der Waals surface area contributed by atoms with Gasteiger partial charge < -0.3 is 14.9 Å². The van der Waals surface area contributed by atoms with Crippen molar-refractivity contribution in [2.45, 2.75) is 38.7 Å². The molecule has 0 aromatic heterocycles. The van der Waals surface area contributed by atoms with Crippen LogP contribution in [0, 0.1) is 5.92 Å². The molecule has 4 nitrogen and oxygen atoms in total. The smallest absolute Gasteiger partial charge is 0.309 e. The molecule has 0 amide bonds. The number of ether oxygens (including phenoxy) is 1. The van der Waals surface area contributed by atoms with Crippen molar-refractivity contribution in [2.24, 2.45) is 5.92 Å². The molecule has 0 aliphatic heterocycles. The molecule has 0 aliphatic carbocycles. The van der Waals surface area contributed by atoms with Gasteiger partial charge in [-0.1, -0.05) is 31.9 Å². The largest absolute Gasteiger partial charge is 0.497 e. The lowest BCUT2D eigenvalue weighted by Crippen LogP contribution is -2.37. The summed E-state index contributed by atoms with van der Waals surface area (Å²) in [5, 5.41) is 19.9. The first-order chi connectivity index (χ1) is 8.93. The number of carbonyl (C=O) groups is 1. The molecule has 0 saturated carbocycles. The highest BCUT2D eigenvalue weighted by Crippen LogP contribution is 2.33. The van der Waals surface area contributed by atoms with E-state index in [1.54, 1.807) is 38.3 Å². The summed E-state index contributed by atoms with van der Waals surface area (Å²) in [6, 6.07) is 6.87. The van der Waals surface area contributed by atoms with Gasteiger partial charge in [-0.2, -0.15) is 0 Å². The van der Waals surface area contributed by atoms with Crippen LogP contribution in [0.3, 0.4) is 0 Å². The molecule has 0 saturated heterocycles. The zero-order valence-corrected chi connectivity index (χ0v) is 11.7. The van der Waals surface area contributed by atoms with E-state index in [4.69, 9.17) is 4.74 Å². The minimum absolute atomic E-state index is 0.463. The average Bonchev–Trinajstić information content (AvgIpc) is 2.38. The second kappa shape index (κ2) is 6.57. The van der Waals surface area contributed by atoms with E-state index < -0.39 is 17.5 Å². The van der Waals surface area contributed by atoms with Crippen molar-refractivity contribution in [3.63, 3.8) is 0 Å². The van der Waals surface area contributed by atoms with Gasteiger partial charge in [0.15, 0.2) is 0 Å². The quantitative estimate of drug-likeness (QED) is 0.796. The van der Waals surface area contributed by atoms with Crippen LogP contribution in [0.1, 0.15) is 38.7 Å². The Morgan fingerprint density at radius 3 is 2.37 bits per heavy atom. The topological polar surface area (TPSA) is 66.8 Å². The number of hydrogen-bond donors (Lipinski definition) is 2. The van der Waals surface area contributed by atoms with Crippen LogP contribution >= 0.6 is 0 Å². The number of methoxy groups -OCH3 is 1. The van der Waals surface area contributed by atoms with E-state index in [0.717, 1.165) is 12.8 Å². The molecule has 1 aromatic rings. The van der Waals surface area contributed by atoms with Crippen molar-refractivity contribution in [1.82, 2.24) is 0 Å². The number of aliphatic hydroxyl groups is 1. The molecular weight excluding hydrogens is 244 g/mol. The van der Waals surface area contributed by atoms with Crippen LogP contribution in [-0.4, -0.2) is 23.3 Å². The summed E-state index contributed by atoms with van der Waals surface area (Å²) in [4.78, 5) is 11.4. The molecule has 0 bridgehead atoms. The zero-order valence-electron chi connectivity index (χ0n) is 11.7. The summed E-state index contributed by atoms with van der Waals surface area (Å²) in [5.41, 5.74) is -0.787. The molecule has 0 spiro atoms. The van der Waals surface area contributed by atoms with Gasteiger partial charge in [-0.15, -0.1) is 0 Å². The third kappa shape index (κ3) is 3.70. The molecule has 2 unspecified atom stereocenters. The van der Waals surface area contributed by atoms with E-state index in [1.807, 2.05) is 6.92 Å². The first-order valence-corrected chi connectivity index (χ1v) is 6.53. The molecule has 1 rings (SSSR count). The number of unbranched alkanes of at least 4 members (excludes halogenated alkanes) is 1. The van der Waals surface area contributed by atoms with Gasteiger partial charge >= 0.3 is 5.97 Å². The number of carboxylic acids is 1. The lowest BCUT2D eigenvalue weighted by molar-refractivity contribution is -0.152. The van der Waals surface area contributed by atoms with Gasteiger partial charge in [-0.05, 0) is 31.0 Å². The van der Waals surface area contributed by atoms with E-state index in [1.165, 1.54) is 0 Å². The van der Waals surface area contributed by atoms with Gasteiger partial charge in [-0.3, -0.25) is 4.79 Å². The molecule has 0 heterocycles. The fourth-order valence-electron chi connectivity index (χ4n) is 2.18. The van der Waals surface area contributed by atoms with Crippen LogP contribution in [0.2, 0.25) is 0 Å². The molecule has 2 N–H and O–H groups in total. The zero-order chi connectivity index (χ0) is 14.5. The van der Waals surface area contributed by atoms with Gasteiger partial charge in [0, 0.05) is 0 Å². The Morgan fingerprint density at radius 2 is 1.95 bits per heavy atom. The van der Waals surface area contributed by atoms with Crippen LogP contribution in [0.4, 0.5) is 0 Å². The number of aliphatic carboxylic acids is 1. The number of benzene rings is 1. The van der Waals surface area contributed by atoms with Crippen molar-refractivity contribution in [3.8, 4) is 5.75 Å². The van der Waals surface area contributed by atoms with Crippen molar-refractivity contribution in [3.05, 3.63) is 29.8 Å². The fraction of sp³-hybridized carbons (Fsp3) is 0.533. The van der Waals surface area contributed by atoms with Crippen LogP contribution in [0.15, 0.2) is 24.3 Å². The average molecular weight is 266 g/mol. The predicted molar refractivity (Wildman–Crippen MR) is 73.2 cm³/mol. The molecule has 19 heavy (non-hydrogen) atoms. The molecule has 106 valence electrons. The summed E-state index contributed by atoms with van der Waals surface area (Å²) in [6.07, 6.45) is 2.15. The summed E-state index contributed by atoms with van der Waals surface area (Å²) in [6.45, 7) is 3.56. The Bertz CT molecular complexity index is 409. The Morgan fingerprint density at radius 1 is 1.37 bits per heavy atom. The lowest BCUT2D eigenvalue weighted by Gasteiger charge is -2.30. The van der Waals surface area contributed by atoms with Crippen molar-refractivity contribution >= 4 is 5.97 Å². The van der Waals surface area contributed by atoms with Gasteiger partial charge in [0.05, 0.1) is 13.0 Å². The molecule has 0 radical (unpaired) electrons. The van der Waals surface area contributed by atoms with E-state index >= 15 is 0 Å². The maximum atomic E-state index is 11.4. The van der Waals surface area contributed by atoms with Crippen LogP contribution in [0.25, 0.3) is 0 Å². The van der Waals surface area contributed by atoms with E-state index in [9.17, 15) is 15.0 Å². The van der Waals surface area contributed by atoms with Crippen molar-refractivity contribution in [2.75, 3.05) is 7.11 Å². The van der Waals surface area contributed by atoms with E-state index in [2.05, 4.69) is 0 Å². The summed E-state index contributed by atoms with van der Waals surface area (Å²) in [7, 11) is 1.56. The third-order valence-corrected chi connectivity index (χ3v) is 3.50. The first kappa shape index (κ1) is 15.5. The Balaban J connectivity index is 2.99. The number of carboxylic acid groups (broad SMARTS) is 1. The maximum Gasteiger partial charge on any atom is 0.309 e. The Hall–Kier alpha value is -1.55. The van der Waals surface area contributed by atoms with Crippen LogP contribution in [-0.2, 0) is 10.4 Å². The van der Waals surface area contributed by atoms with Crippen molar-refractivity contribution in [1.29, 1.82) is 0 Å². The van der Waals surface area contributed by atoms with Crippen LogP contribution in [0.5, 0.6) is 5.75 Å².